The normalized spacial score (nSPS) is 11.7. The number of nitrogens with one attached hydrogen (secondary N) is 1. The summed E-state index contributed by atoms with van der Waals surface area (Å²) in [5.74, 6) is 0. The van der Waals surface area contributed by atoms with Crippen LogP contribution in [0.15, 0.2) is 60.6 Å². The predicted molar refractivity (Wildman–Crippen MR) is 113 cm³/mol. The van der Waals surface area contributed by atoms with Crippen molar-refractivity contribution >= 4 is 35.0 Å². The zero-order valence-corrected chi connectivity index (χ0v) is 18.1. The molecular weight excluding hydrogens is 478 g/mol. The number of alkyl halides is 3. The quantitative estimate of drug-likeness (QED) is 0.566. The first-order chi connectivity index (χ1) is 14.5. The molecule has 0 spiro atoms. The van der Waals surface area contributed by atoms with Crippen molar-refractivity contribution in [1.82, 2.24) is 14.1 Å². The molecule has 0 radical (unpaired) electrons. The van der Waals surface area contributed by atoms with Crippen LogP contribution in [0.3, 0.4) is 0 Å². The van der Waals surface area contributed by atoms with E-state index in [4.69, 9.17) is 23.2 Å². The summed E-state index contributed by atoms with van der Waals surface area (Å²) in [7, 11) is 0. The van der Waals surface area contributed by atoms with Crippen molar-refractivity contribution in [1.29, 1.82) is 0 Å². The van der Waals surface area contributed by atoms with Crippen molar-refractivity contribution < 1.29 is 13.2 Å². The first kappa shape index (κ1) is 23.2. The molecule has 12 heteroatoms. The van der Waals surface area contributed by atoms with Crippen molar-refractivity contribution in [2.45, 2.75) is 35.9 Å². The maximum absolute atomic E-state index is 12.7. The number of halogens is 5. The minimum atomic E-state index is -4.45. The average Bonchev–Trinajstić information content (AvgIpc) is 2.67. The van der Waals surface area contributed by atoms with Crippen LogP contribution in [0.5, 0.6) is 0 Å². The molecule has 1 heterocycles. The Morgan fingerprint density at radius 2 is 1.58 bits per heavy atom. The topological polar surface area (TPSA) is 76.9 Å². The summed E-state index contributed by atoms with van der Waals surface area (Å²) in [6.07, 6.45) is -3.96. The molecule has 0 atom stereocenters. The SMILES string of the molecule is CCCn1c(=O)[nH]c(=O)n(-c2cc(Cl)c(Sc3ccc(C(F)(F)F)cc3)c(Cl)c2)c1=O. The van der Waals surface area contributed by atoms with E-state index in [2.05, 4.69) is 4.98 Å². The number of benzene rings is 2. The van der Waals surface area contributed by atoms with Gasteiger partial charge in [-0.2, -0.15) is 13.2 Å². The van der Waals surface area contributed by atoms with Gasteiger partial charge in [0.05, 0.1) is 21.3 Å². The van der Waals surface area contributed by atoms with Crippen LogP contribution in [-0.4, -0.2) is 14.1 Å². The van der Waals surface area contributed by atoms with Gasteiger partial charge in [0.25, 0.3) is 0 Å². The minimum Gasteiger partial charge on any atom is -0.258 e. The maximum atomic E-state index is 12.7. The van der Waals surface area contributed by atoms with Crippen LogP contribution in [0.1, 0.15) is 18.9 Å². The number of aromatic amines is 1. The summed E-state index contributed by atoms with van der Waals surface area (Å²) in [4.78, 5) is 39.6. The molecule has 0 aliphatic heterocycles. The molecular formula is C19H14Cl2F3N3O3S. The molecule has 6 nitrogen and oxygen atoms in total. The number of rotatable bonds is 5. The largest absolute Gasteiger partial charge is 0.416 e. The van der Waals surface area contributed by atoms with E-state index in [0.29, 0.717) is 16.2 Å². The number of aromatic nitrogens is 3. The second-order valence-electron chi connectivity index (χ2n) is 6.37. The van der Waals surface area contributed by atoms with Gasteiger partial charge in [0, 0.05) is 16.3 Å². The Balaban J connectivity index is 2.02. The molecule has 1 N–H and O–H groups in total. The van der Waals surface area contributed by atoms with Crippen LogP contribution < -0.4 is 17.1 Å². The monoisotopic (exact) mass is 491 g/mol. The fourth-order valence-electron chi connectivity index (χ4n) is 2.76. The number of hydrogen-bond acceptors (Lipinski definition) is 4. The van der Waals surface area contributed by atoms with Crippen LogP contribution in [0, 0.1) is 0 Å². The third kappa shape index (κ3) is 4.91. The predicted octanol–water partition coefficient (Wildman–Crippen LogP) is 4.57. The molecule has 0 amide bonds. The Morgan fingerprint density at radius 1 is 1.00 bits per heavy atom. The lowest BCUT2D eigenvalue weighted by Crippen LogP contribution is -2.48. The lowest BCUT2D eigenvalue weighted by molar-refractivity contribution is -0.137. The van der Waals surface area contributed by atoms with Crippen molar-refractivity contribution in [2.24, 2.45) is 0 Å². The van der Waals surface area contributed by atoms with Crippen molar-refractivity contribution in [3.63, 3.8) is 0 Å². The molecule has 0 fully saturated rings. The Hall–Kier alpha value is -2.43. The number of hydrogen-bond donors (Lipinski definition) is 1. The van der Waals surface area contributed by atoms with Crippen LogP contribution in [0.4, 0.5) is 13.2 Å². The van der Waals surface area contributed by atoms with E-state index in [1.807, 2.05) is 0 Å². The molecule has 0 bridgehead atoms. The van der Waals surface area contributed by atoms with Gasteiger partial charge < -0.3 is 0 Å². The molecule has 1 aromatic heterocycles. The van der Waals surface area contributed by atoms with Crippen LogP contribution >= 0.6 is 35.0 Å². The highest BCUT2D eigenvalue weighted by molar-refractivity contribution is 7.99. The highest BCUT2D eigenvalue weighted by atomic mass is 35.5. The molecule has 0 saturated carbocycles. The van der Waals surface area contributed by atoms with E-state index in [1.54, 1.807) is 6.92 Å². The fourth-order valence-corrected chi connectivity index (χ4v) is 4.29. The minimum absolute atomic E-state index is 0.0443. The first-order valence-electron chi connectivity index (χ1n) is 8.83. The van der Waals surface area contributed by atoms with E-state index in [-0.39, 0.29) is 22.3 Å². The van der Waals surface area contributed by atoms with Gasteiger partial charge >= 0.3 is 23.2 Å². The second kappa shape index (κ2) is 8.97. The molecule has 0 unspecified atom stereocenters. The molecule has 3 rings (SSSR count). The van der Waals surface area contributed by atoms with E-state index in [0.717, 1.165) is 33.0 Å². The third-order valence-electron chi connectivity index (χ3n) is 4.17. The average molecular weight is 492 g/mol. The van der Waals surface area contributed by atoms with Gasteiger partial charge in [-0.1, -0.05) is 41.9 Å². The third-order valence-corrected chi connectivity index (χ3v) is 6.15. The van der Waals surface area contributed by atoms with Gasteiger partial charge in [0.1, 0.15) is 0 Å². The summed E-state index contributed by atoms with van der Waals surface area (Å²) in [5.41, 5.74) is -3.35. The standard InChI is InChI=1S/C19H14Cl2F3N3O3S/c1-2-7-26-16(28)25-17(29)27(18(26)30)11-8-13(20)15(14(21)9-11)31-12-5-3-10(4-6-12)19(22,23)24/h3-6,8-9H,2,7H2,1H3,(H,25,28,29). The summed E-state index contributed by atoms with van der Waals surface area (Å²) < 4.78 is 39.8. The van der Waals surface area contributed by atoms with Crippen molar-refractivity contribution in [2.75, 3.05) is 0 Å². The number of nitrogens with zero attached hydrogens (tertiary/aromatic N) is 2. The van der Waals surface area contributed by atoms with E-state index in [9.17, 15) is 27.6 Å². The maximum Gasteiger partial charge on any atom is 0.416 e. The van der Waals surface area contributed by atoms with Gasteiger partial charge in [0.15, 0.2) is 0 Å². The lowest BCUT2D eigenvalue weighted by atomic mass is 10.2. The molecule has 0 aliphatic rings. The Kier molecular flexibility index (Phi) is 6.73. The fraction of sp³-hybridized carbons (Fsp3) is 0.211. The van der Waals surface area contributed by atoms with Gasteiger partial charge in [0.2, 0.25) is 0 Å². The molecule has 0 aliphatic carbocycles. The smallest absolute Gasteiger partial charge is 0.258 e. The van der Waals surface area contributed by atoms with Crippen LogP contribution in [-0.2, 0) is 12.7 Å². The Morgan fingerprint density at radius 3 is 2.10 bits per heavy atom. The van der Waals surface area contributed by atoms with Crippen molar-refractivity contribution in [3.05, 3.63) is 83.5 Å². The lowest BCUT2D eigenvalue weighted by Gasteiger charge is -2.12. The number of H-pyrrole nitrogens is 1. The van der Waals surface area contributed by atoms with Crippen LogP contribution in [0.2, 0.25) is 10.0 Å². The highest BCUT2D eigenvalue weighted by Crippen LogP contribution is 2.40. The summed E-state index contributed by atoms with van der Waals surface area (Å²) in [6, 6.07) is 7.07. The highest BCUT2D eigenvalue weighted by Gasteiger charge is 2.30. The molecule has 164 valence electrons. The van der Waals surface area contributed by atoms with Gasteiger partial charge in [-0.15, -0.1) is 0 Å². The first-order valence-corrected chi connectivity index (χ1v) is 10.4. The zero-order chi connectivity index (χ0) is 22.9. The van der Waals surface area contributed by atoms with E-state index in [1.165, 1.54) is 24.3 Å². The molecule has 0 saturated heterocycles. The van der Waals surface area contributed by atoms with Crippen LogP contribution in [0.25, 0.3) is 5.69 Å². The summed E-state index contributed by atoms with van der Waals surface area (Å²) in [5, 5.41) is 0.152. The van der Waals surface area contributed by atoms with E-state index >= 15 is 0 Å². The Bertz CT molecular complexity index is 1280. The summed E-state index contributed by atoms with van der Waals surface area (Å²) >= 11 is 13.6. The zero-order valence-electron chi connectivity index (χ0n) is 15.8. The van der Waals surface area contributed by atoms with Gasteiger partial charge in [-0.25, -0.2) is 23.5 Å². The second-order valence-corrected chi connectivity index (χ2v) is 8.27. The van der Waals surface area contributed by atoms with Gasteiger partial charge in [-0.05, 0) is 42.8 Å². The molecule has 31 heavy (non-hydrogen) atoms. The van der Waals surface area contributed by atoms with Crippen molar-refractivity contribution in [3.8, 4) is 5.69 Å². The van der Waals surface area contributed by atoms with E-state index < -0.39 is 28.8 Å². The Labute approximate surface area is 187 Å². The molecule has 2 aromatic carbocycles. The summed E-state index contributed by atoms with van der Waals surface area (Å²) in [6.45, 7) is 1.88. The van der Waals surface area contributed by atoms with Gasteiger partial charge in [-0.3, -0.25) is 4.98 Å². The molecule has 3 aromatic rings.